The number of anilines is 1. The molecule has 0 saturated carbocycles. The fraction of sp³-hybridized carbons (Fsp3) is 0.310. The van der Waals surface area contributed by atoms with Crippen LogP contribution in [0.4, 0.5) is 5.69 Å². The second kappa shape index (κ2) is 12.5. The first-order chi connectivity index (χ1) is 18.2. The van der Waals surface area contributed by atoms with Gasteiger partial charge in [-0.3, -0.25) is 13.9 Å². The molecule has 0 aliphatic heterocycles. The van der Waals surface area contributed by atoms with E-state index in [1.165, 1.54) is 29.2 Å². The van der Waals surface area contributed by atoms with Gasteiger partial charge < -0.3 is 10.2 Å². The van der Waals surface area contributed by atoms with Gasteiger partial charge in [-0.15, -0.1) is 0 Å². The topological polar surface area (TPSA) is 86.8 Å². The number of carbonyl (C=O) groups is 2. The van der Waals surface area contributed by atoms with E-state index < -0.39 is 34.1 Å². The predicted molar refractivity (Wildman–Crippen MR) is 159 cm³/mol. The van der Waals surface area contributed by atoms with Gasteiger partial charge in [0.05, 0.1) is 10.6 Å². The van der Waals surface area contributed by atoms with E-state index in [2.05, 4.69) is 21.2 Å². The number of nitrogens with zero attached hydrogens (tertiary/aromatic N) is 2. The number of nitrogens with one attached hydrogen (secondary N) is 1. The number of sulfonamides is 1. The van der Waals surface area contributed by atoms with Crippen LogP contribution in [-0.2, 0) is 26.2 Å². The molecule has 0 saturated heterocycles. The number of rotatable bonds is 9. The summed E-state index contributed by atoms with van der Waals surface area (Å²) in [4.78, 5) is 28.5. The van der Waals surface area contributed by atoms with Crippen LogP contribution in [0.15, 0.2) is 82.2 Å². The van der Waals surface area contributed by atoms with Gasteiger partial charge in [-0.05, 0) is 94.3 Å². The van der Waals surface area contributed by atoms with Gasteiger partial charge in [0, 0.05) is 21.6 Å². The molecule has 2 amide bonds. The van der Waals surface area contributed by atoms with Crippen LogP contribution in [0.3, 0.4) is 0 Å². The third kappa shape index (κ3) is 8.30. The average molecular weight is 635 g/mol. The van der Waals surface area contributed by atoms with Crippen LogP contribution in [0, 0.1) is 6.92 Å². The Bertz CT molecular complexity index is 1420. The highest BCUT2D eigenvalue weighted by molar-refractivity contribution is 9.10. The monoisotopic (exact) mass is 633 g/mol. The fourth-order valence-corrected chi connectivity index (χ4v) is 5.69. The lowest BCUT2D eigenvalue weighted by Gasteiger charge is -2.33. The molecule has 1 N–H and O–H groups in total. The molecule has 0 spiro atoms. The molecule has 0 unspecified atom stereocenters. The summed E-state index contributed by atoms with van der Waals surface area (Å²) in [7, 11) is -4.15. The van der Waals surface area contributed by atoms with Gasteiger partial charge in [0.2, 0.25) is 11.8 Å². The van der Waals surface area contributed by atoms with Crippen molar-refractivity contribution in [1.82, 2.24) is 10.2 Å². The van der Waals surface area contributed by atoms with Crippen molar-refractivity contribution in [2.45, 2.75) is 57.6 Å². The first-order valence-electron chi connectivity index (χ1n) is 12.4. The van der Waals surface area contributed by atoms with Crippen molar-refractivity contribution in [3.8, 4) is 0 Å². The summed E-state index contributed by atoms with van der Waals surface area (Å²) >= 11 is 9.40. The van der Waals surface area contributed by atoms with Crippen LogP contribution in [-0.4, -0.2) is 43.3 Å². The summed E-state index contributed by atoms with van der Waals surface area (Å²) in [6, 6.07) is 19.2. The Labute approximate surface area is 244 Å². The second-order valence-corrected chi connectivity index (χ2v) is 13.6. The molecule has 0 aromatic heterocycles. The number of carbonyl (C=O) groups excluding carboxylic acids is 2. The number of benzene rings is 3. The number of hydrogen-bond donors (Lipinski definition) is 1. The lowest BCUT2D eigenvalue weighted by Crippen LogP contribution is -2.54. The van der Waals surface area contributed by atoms with Gasteiger partial charge in [0.1, 0.15) is 12.6 Å². The molecule has 3 rings (SSSR count). The fourth-order valence-electron chi connectivity index (χ4n) is 3.89. The number of halogens is 2. The highest BCUT2D eigenvalue weighted by Gasteiger charge is 2.33. The molecular weight excluding hydrogens is 602 g/mol. The maximum absolute atomic E-state index is 13.9. The first-order valence-corrected chi connectivity index (χ1v) is 15.0. The molecule has 10 heteroatoms. The molecule has 0 heterocycles. The van der Waals surface area contributed by atoms with Crippen LogP contribution in [0.1, 0.15) is 38.8 Å². The predicted octanol–water partition coefficient (Wildman–Crippen LogP) is 5.94. The Balaban J connectivity index is 2.03. The normalized spacial score (nSPS) is 12.5. The van der Waals surface area contributed by atoms with E-state index in [-0.39, 0.29) is 17.3 Å². The van der Waals surface area contributed by atoms with Gasteiger partial charge in [-0.25, -0.2) is 8.42 Å². The smallest absolute Gasteiger partial charge is 0.264 e. The third-order valence-electron chi connectivity index (χ3n) is 5.90. The van der Waals surface area contributed by atoms with Gasteiger partial charge in [-0.2, -0.15) is 0 Å². The van der Waals surface area contributed by atoms with Crippen molar-refractivity contribution in [3.05, 3.63) is 93.4 Å². The first kappa shape index (κ1) is 30.7. The van der Waals surface area contributed by atoms with Gasteiger partial charge in [0.15, 0.2) is 0 Å². The summed E-state index contributed by atoms with van der Waals surface area (Å²) in [6.07, 6.45) is 0. The van der Waals surface area contributed by atoms with Gasteiger partial charge in [-0.1, -0.05) is 51.8 Å². The molecule has 3 aromatic carbocycles. The Morgan fingerprint density at radius 3 is 2.18 bits per heavy atom. The van der Waals surface area contributed by atoms with E-state index in [0.717, 1.165) is 19.9 Å². The van der Waals surface area contributed by atoms with Crippen LogP contribution in [0.2, 0.25) is 5.02 Å². The van der Waals surface area contributed by atoms with Crippen molar-refractivity contribution in [2.75, 3.05) is 10.8 Å². The highest BCUT2D eigenvalue weighted by atomic mass is 79.9. The Morgan fingerprint density at radius 2 is 1.62 bits per heavy atom. The minimum atomic E-state index is -4.15. The number of amides is 2. The molecule has 3 aromatic rings. The van der Waals surface area contributed by atoms with Crippen LogP contribution in [0.25, 0.3) is 0 Å². The Morgan fingerprint density at radius 1 is 1.00 bits per heavy atom. The molecule has 39 heavy (non-hydrogen) atoms. The molecule has 0 aliphatic rings. The minimum Gasteiger partial charge on any atom is -0.350 e. The van der Waals surface area contributed by atoms with Crippen molar-refractivity contribution < 1.29 is 18.0 Å². The summed E-state index contributed by atoms with van der Waals surface area (Å²) < 4.78 is 29.6. The lowest BCUT2D eigenvalue weighted by atomic mass is 10.1. The second-order valence-electron chi connectivity index (χ2n) is 10.4. The van der Waals surface area contributed by atoms with E-state index in [4.69, 9.17) is 11.6 Å². The van der Waals surface area contributed by atoms with E-state index >= 15 is 0 Å². The highest BCUT2D eigenvalue weighted by Crippen LogP contribution is 2.26. The van der Waals surface area contributed by atoms with E-state index in [1.54, 1.807) is 25.1 Å². The molecule has 208 valence electrons. The number of aryl methyl sites for hydroxylation is 1. The van der Waals surface area contributed by atoms with E-state index in [0.29, 0.717) is 10.7 Å². The molecule has 0 fully saturated rings. The van der Waals surface area contributed by atoms with E-state index in [1.807, 2.05) is 58.0 Å². The largest absolute Gasteiger partial charge is 0.350 e. The number of hydrogen-bond acceptors (Lipinski definition) is 4. The van der Waals surface area contributed by atoms with Crippen LogP contribution in [0.5, 0.6) is 0 Å². The Hall–Kier alpha value is -2.88. The zero-order chi connectivity index (χ0) is 29.0. The molecule has 7 nitrogen and oxygen atoms in total. The van der Waals surface area contributed by atoms with Crippen LogP contribution >= 0.6 is 27.5 Å². The van der Waals surface area contributed by atoms with E-state index in [9.17, 15) is 18.0 Å². The van der Waals surface area contributed by atoms with Crippen molar-refractivity contribution in [3.63, 3.8) is 0 Å². The molecule has 0 bridgehead atoms. The van der Waals surface area contributed by atoms with Crippen molar-refractivity contribution in [1.29, 1.82) is 0 Å². The Kier molecular flexibility index (Phi) is 9.85. The van der Waals surface area contributed by atoms with Gasteiger partial charge >= 0.3 is 0 Å². The maximum atomic E-state index is 13.9. The molecular formula is C29H33BrClN3O4S. The molecule has 1 atom stereocenters. The quantitative estimate of drug-likeness (QED) is 0.316. The summed E-state index contributed by atoms with van der Waals surface area (Å²) in [5, 5.41) is 3.31. The van der Waals surface area contributed by atoms with Gasteiger partial charge in [0.25, 0.3) is 10.0 Å². The average Bonchev–Trinajstić information content (AvgIpc) is 2.85. The zero-order valence-electron chi connectivity index (χ0n) is 22.6. The SMILES string of the molecule is Cc1cccc(N(CC(=O)N(Cc2ccc(Br)cc2)[C@H](C)C(=O)NC(C)(C)C)S(=O)(=O)c2ccc(Cl)cc2)c1. The summed E-state index contributed by atoms with van der Waals surface area (Å²) in [5.74, 6) is -0.857. The minimum absolute atomic E-state index is 0.000750. The van der Waals surface area contributed by atoms with Crippen molar-refractivity contribution in [2.24, 2.45) is 0 Å². The third-order valence-corrected chi connectivity index (χ3v) is 8.47. The standard InChI is InChI=1S/C29H33BrClN3O4S/c1-20-7-6-8-25(17-20)34(39(37,38)26-15-13-24(31)14-16-26)19-27(35)33(18-22-9-11-23(30)12-10-22)21(2)28(36)32-29(3,4)5/h6-17,21H,18-19H2,1-5H3,(H,32,36)/t21-/m1/s1. The lowest BCUT2D eigenvalue weighted by molar-refractivity contribution is -0.140. The zero-order valence-corrected chi connectivity index (χ0v) is 25.8. The summed E-state index contributed by atoms with van der Waals surface area (Å²) in [6.45, 7) is 8.68. The van der Waals surface area contributed by atoms with Crippen LogP contribution < -0.4 is 9.62 Å². The maximum Gasteiger partial charge on any atom is 0.264 e. The summed E-state index contributed by atoms with van der Waals surface area (Å²) in [5.41, 5.74) is 1.46. The molecule has 0 radical (unpaired) electrons. The molecule has 0 aliphatic carbocycles. The van der Waals surface area contributed by atoms with Crippen molar-refractivity contribution >= 4 is 55.1 Å².